The SMILES string of the molecule is C[C@@H]1CN(CC(=O)c2ccccc2Br)C[C@@H](C)O1. The van der Waals surface area contributed by atoms with Gasteiger partial charge in [-0.2, -0.15) is 0 Å². The Balaban J connectivity index is 2.01. The Bertz CT molecular complexity index is 426. The predicted octanol–water partition coefficient (Wildman–Crippen LogP) is 2.74. The Morgan fingerprint density at radius 1 is 1.33 bits per heavy atom. The lowest BCUT2D eigenvalue weighted by atomic mass is 10.1. The normalized spacial score (nSPS) is 25.1. The summed E-state index contributed by atoms with van der Waals surface area (Å²) in [5.74, 6) is 0.156. The maximum absolute atomic E-state index is 12.2. The number of ether oxygens (including phenoxy) is 1. The molecule has 3 nitrogen and oxygen atoms in total. The molecule has 1 aromatic carbocycles. The third kappa shape index (κ3) is 3.40. The largest absolute Gasteiger partial charge is 0.373 e. The number of carbonyl (C=O) groups is 1. The Labute approximate surface area is 116 Å². The summed E-state index contributed by atoms with van der Waals surface area (Å²) in [4.78, 5) is 14.4. The molecule has 0 amide bonds. The lowest BCUT2D eigenvalue weighted by Gasteiger charge is -2.34. The van der Waals surface area contributed by atoms with Crippen molar-refractivity contribution in [3.05, 3.63) is 34.3 Å². The van der Waals surface area contributed by atoms with E-state index in [0.717, 1.165) is 23.1 Å². The Morgan fingerprint density at radius 2 is 1.94 bits per heavy atom. The molecule has 18 heavy (non-hydrogen) atoms. The van der Waals surface area contributed by atoms with Gasteiger partial charge in [-0.3, -0.25) is 9.69 Å². The van der Waals surface area contributed by atoms with Crippen LogP contribution in [0, 0.1) is 0 Å². The summed E-state index contributed by atoms with van der Waals surface area (Å²) in [6.07, 6.45) is 0.390. The minimum atomic E-state index is 0.156. The quantitative estimate of drug-likeness (QED) is 0.804. The van der Waals surface area contributed by atoms with E-state index in [9.17, 15) is 4.79 Å². The number of hydrogen-bond acceptors (Lipinski definition) is 3. The lowest BCUT2D eigenvalue weighted by molar-refractivity contribution is -0.0652. The van der Waals surface area contributed by atoms with Crippen LogP contribution in [0.25, 0.3) is 0 Å². The summed E-state index contributed by atoms with van der Waals surface area (Å²) in [7, 11) is 0. The molecule has 1 heterocycles. The first-order valence-corrected chi connectivity index (χ1v) is 7.01. The summed E-state index contributed by atoms with van der Waals surface area (Å²) in [5.41, 5.74) is 0.754. The average molecular weight is 312 g/mol. The molecule has 0 radical (unpaired) electrons. The van der Waals surface area contributed by atoms with Crippen molar-refractivity contribution in [2.75, 3.05) is 19.6 Å². The minimum Gasteiger partial charge on any atom is -0.373 e. The minimum absolute atomic E-state index is 0.156. The van der Waals surface area contributed by atoms with E-state index in [1.807, 2.05) is 38.1 Å². The molecule has 2 rings (SSSR count). The number of benzene rings is 1. The van der Waals surface area contributed by atoms with Gasteiger partial charge in [0.1, 0.15) is 0 Å². The number of morpholine rings is 1. The second-order valence-electron chi connectivity index (χ2n) is 4.85. The molecule has 0 spiro atoms. The number of halogens is 1. The van der Waals surface area contributed by atoms with Crippen LogP contribution in [0.2, 0.25) is 0 Å². The van der Waals surface area contributed by atoms with E-state index in [4.69, 9.17) is 4.74 Å². The summed E-state index contributed by atoms with van der Waals surface area (Å²) in [6, 6.07) is 7.57. The molecule has 98 valence electrons. The van der Waals surface area contributed by atoms with E-state index in [2.05, 4.69) is 20.8 Å². The third-order valence-corrected chi connectivity index (χ3v) is 3.73. The lowest BCUT2D eigenvalue weighted by Crippen LogP contribution is -2.47. The highest BCUT2D eigenvalue weighted by molar-refractivity contribution is 9.10. The van der Waals surface area contributed by atoms with E-state index in [-0.39, 0.29) is 18.0 Å². The highest BCUT2D eigenvalue weighted by Crippen LogP contribution is 2.18. The van der Waals surface area contributed by atoms with Gasteiger partial charge in [-0.15, -0.1) is 0 Å². The molecule has 1 aliphatic heterocycles. The summed E-state index contributed by atoms with van der Waals surface area (Å²) in [5, 5.41) is 0. The monoisotopic (exact) mass is 311 g/mol. The molecular weight excluding hydrogens is 294 g/mol. The molecule has 0 unspecified atom stereocenters. The smallest absolute Gasteiger partial charge is 0.177 e. The molecule has 1 aromatic rings. The Hall–Kier alpha value is -0.710. The van der Waals surface area contributed by atoms with E-state index < -0.39 is 0 Å². The van der Waals surface area contributed by atoms with Crippen LogP contribution in [0.4, 0.5) is 0 Å². The summed E-state index contributed by atoms with van der Waals surface area (Å²) in [6.45, 7) is 6.19. The van der Waals surface area contributed by atoms with Crippen molar-refractivity contribution in [2.24, 2.45) is 0 Å². The second-order valence-corrected chi connectivity index (χ2v) is 5.71. The van der Waals surface area contributed by atoms with Crippen molar-refractivity contribution >= 4 is 21.7 Å². The molecule has 1 saturated heterocycles. The van der Waals surface area contributed by atoms with Crippen LogP contribution in [0.5, 0.6) is 0 Å². The van der Waals surface area contributed by atoms with Gasteiger partial charge in [0, 0.05) is 23.1 Å². The molecule has 2 atom stereocenters. The molecule has 0 bridgehead atoms. The fourth-order valence-corrected chi connectivity index (χ4v) is 2.89. The van der Waals surface area contributed by atoms with Gasteiger partial charge in [0.25, 0.3) is 0 Å². The maximum atomic E-state index is 12.2. The van der Waals surface area contributed by atoms with Gasteiger partial charge in [0.2, 0.25) is 0 Å². The van der Waals surface area contributed by atoms with Crippen molar-refractivity contribution in [1.82, 2.24) is 4.90 Å². The number of ketones is 1. The van der Waals surface area contributed by atoms with Crippen molar-refractivity contribution < 1.29 is 9.53 Å². The first kappa shape index (κ1) is 13.7. The highest BCUT2D eigenvalue weighted by atomic mass is 79.9. The zero-order valence-electron chi connectivity index (χ0n) is 10.7. The molecule has 0 aliphatic carbocycles. The van der Waals surface area contributed by atoms with Crippen LogP contribution in [-0.4, -0.2) is 42.5 Å². The predicted molar refractivity (Wildman–Crippen MR) is 74.9 cm³/mol. The van der Waals surface area contributed by atoms with E-state index in [1.165, 1.54) is 0 Å². The summed E-state index contributed by atoms with van der Waals surface area (Å²) < 4.78 is 6.53. The number of rotatable bonds is 3. The molecule has 1 aliphatic rings. The van der Waals surface area contributed by atoms with Crippen molar-refractivity contribution in [2.45, 2.75) is 26.1 Å². The molecule has 0 N–H and O–H groups in total. The topological polar surface area (TPSA) is 29.5 Å². The number of carbonyl (C=O) groups excluding carboxylic acids is 1. The number of nitrogens with zero attached hydrogens (tertiary/aromatic N) is 1. The Kier molecular flexibility index (Phi) is 4.54. The highest BCUT2D eigenvalue weighted by Gasteiger charge is 2.24. The fraction of sp³-hybridized carbons (Fsp3) is 0.500. The first-order valence-electron chi connectivity index (χ1n) is 6.22. The van der Waals surface area contributed by atoms with Gasteiger partial charge < -0.3 is 4.74 Å². The van der Waals surface area contributed by atoms with Gasteiger partial charge in [-0.05, 0) is 19.9 Å². The number of Topliss-reactive ketones (excluding diaryl/α,β-unsaturated/α-hetero) is 1. The van der Waals surface area contributed by atoms with Gasteiger partial charge in [-0.1, -0.05) is 34.1 Å². The van der Waals surface area contributed by atoms with Crippen molar-refractivity contribution in [1.29, 1.82) is 0 Å². The van der Waals surface area contributed by atoms with Crippen molar-refractivity contribution in [3.63, 3.8) is 0 Å². The molecular formula is C14H18BrNO2. The van der Waals surface area contributed by atoms with Gasteiger partial charge in [0.15, 0.2) is 5.78 Å². The maximum Gasteiger partial charge on any atom is 0.177 e. The van der Waals surface area contributed by atoms with Gasteiger partial charge in [0.05, 0.1) is 18.8 Å². The first-order chi connectivity index (χ1) is 8.56. The van der Waals surface area contributed by atoms with Crippen LogP contribution in [0.3, 0.4) is 0 Å². The van der Waals surface area contributed by atoms with E-state index in [0.29, 0.717) is 6.54 Å². The number of hydrogen-bond donors (Lipinski definition) is 0. The van der Waals surface area contributed by atoms with Crippen LogP contribution < -0.4 is 0 Å². The van der Waals surface area contributed by atoms with Gasteiger partial charge in [-0.25, -0.2) is 0 Å². The molecule has 0 aromatic heterocycles. The zero-order valence-corrected chi connectivity index (χ0v) is 12.3. The zero-order chi connectivity index (χ0) is 13.1. The standard InChI is InChI=1S/C14H18BrNO2/c1-10-7-16(8-11(2)18-10)9-14(17)12-5-3-4-6-13(12)15/h3-6,10-11H,7-9H2,1-2H3/t10-,11-/m1/s1. The van der Waals surface area contributed by atoms with Crippen LogP contribution in [0.15, 0.2) is 28.7 Å². The third-order valence-electron chi connectivity index (χ3n) is 3.04. The van der Waals surface area contributed by atoms with Crippen molar-refractivity contribution in [3.8, 4) is 0 Å². The van der Waals surface area contributed by atoms with Crippen LogP contribution >= 0.6 is 15.9 Å². The fourth-order valence-electron chi connectivity index (χ4n) is 2.39. The molecule has 4 heteroatoms. The van der Waals surface area contributed by atoms with Crippen LogP contribution in [-0.2, 0) is 4.74 Å². The second kappa shape index (κ2) is 5.95. The van der Waals surface area contributed by atoms with E-state index >= 15 is 0 Å². The van der Waals surface area contributed by atoms with Gasteiger partial charge >= 0.3 is 0 Å². The molecule has 1 fully saturated rings. The molecule has 0 saturated carbocycles. The van der Waals surface area contributed by atoms with E-state index in [1.54, 1.807) is 0 Å². The average Bonchev–Trinajstić information content (AvgIpc) is 2.27. The Morgan fingerprint density at radius 3 is 2.56 bits per heavy atom. The van der Waals surface area contributed by atoms with Crippen LogP contribution in [0.1, 0.15) is 24.2 Å². The summed E-state index contributed by atoms with van der Waals surface area (Å²) >= 11 is 3.42.